The van der Waals surface area contributed by atoms with Gasteiger partial charge in [-0.15, -0.1) is 12.4 Å². The molecule has 0 saturated carbocycles. The van der Waals surface area contributed by atoms with Crippen LogP contribution in [0.4, 0.5) is 22.0 Å². The van der Waals surface area contributed by atoms with Gasteiger partial charge in [-0.05, 0) is 12.1 Å². The average molecular weight is 347 g/mol. The molecule has 1 heterocycles. The van der Waals surface area contributed by atoms with Crippen LogP contribution < -0.4 is 10.1 Å². The lowest BCUT2D eigenvalue weighted by Crippen LogP contribution is -2.49. The second-order valence-electron chi connectivity index (χ2n) is 4.71. The number of ether oxygens (including phenoxy) is 1. The average Bonchev–Trinajstić information content (AvgIpc) is 2.43. The maximum absolute atomic E-state index is 14.2. The highest BCUT2D eigenvalue weighted by Crippen LogP contribution is 2.41. The van der Waals surface area contributed by atoms with Crippen LogP contribution in [0.5, 0.6) is 5.75 Å². The molecule has 1 fully saturated rings. The van der Waals surface area contributed by atoms with Crippen molar-refractivity contribution >= 4 is 12.4 Å². The highest BCUT2D eigenvalue weighted by atomic mass is 35.5. The Morgan fingerprint density at radius 3 is 2.27 bits per heavy atom. The van der Waals surface area contributed by atoms with E-state index < -0.39 is 35.2 Å². The van der Waals surface area contributed by atoms with Crippen molar-refractivity contribution in [3.63, 3.8) is 0 Å². The van der Waals surface area contributed by atoms with Gasteiger partial charge in [0.25, 0.3) is 0 Å². The number of rotatable bonds is 3. The van der Waals surface area contributed by atoms with Crippen LogP contribution in [0.3, 0.4) is 0 Å². The molecular formula is C13H16ClF5N2O. The number of hydrogen-bond acceptors (Lipinski definition) is 3. The van der Waals surface area contributed by atoms with E-state index in [0.717, 1.165) is 24.1 Å². The Kier molecular flexibility index (Phi) is 6.39. The molecule has 1 aliphatic heterocycles. The predicted molar refractivity (Wildman–Crippen MR) is 73.4 cm³/mol. The number of piperazine rings is 1. The summed E-state index contributed by atoms with van der Waals surface area (Å²) in [5.74, 6) is -2.94. The summed E-state index contributed by atoms with van der Waals surface area (Å²) < 4.78 is 72.7. The van der Waals surface area contributed by atoms with Crippen molar-refractivity contribution in [1.82, 2.24) is 10.2 Å². The van der Waals surface area contributed by atoms with E-state index in [0.29, 0.717) is 13.1 Å². The van der Waals surface area contributed by atoms with Gasteiger partial charge in [0, 0.05) is 26.2 Å². The fourth-order valence-electron chi connectivity index (χ4n) is 2.45. The van der Waals surface area contributed by atoms with Gasteiger partial charge in [-0.3, -0.25) is 4.90 Å². The number of benzene rings is 1. The largest absolute Gasteiger partial charge is 0.494 e. The summed E-state index contributed by atoms with van der Waals surface area (Å²) in [6, 6.07) is -0.563. The van der Waals surface area contributed by atoms with Crippen molar-refractivity contribution in [2.45, 2.75) is 12.2 Å². The number of nitrogens with zero attached hydrogens (tertiary/aromatic N) is 1. The maximum atomic E-state index is 14.2. The molecule has 1 aromatic rings. The van der Waals surface area contributed by atoms with Crippen LogP contribution in [0.25, 0.3) is 0 Å². The molecule has 0 bridgehead atoms. The summed E-state index contributed by atoms with van der Waals surface area (Å²) in [7, 11) is 1.12. The van der Waals surface area contributed by atoms with Crippen LogP contribution >= 0.6 is 12.4 Å². The monoisotopic (exact) mass is 346 g/mol. The molecule has 1 atom stereocenters. The van der Waals surface area contributed by atoms with E-state index in [4.69, 9.17) is 0 Å². The van der Waals surface area contributed by atoms with Crippen LogP contribution in [-0.2, 0) is 0 Å². The Balaban J connectivity index is 0.00000242. The fraction of sp³-hybridized carbons (Fsp3) is 0.538. The van der Waals surface area contributed by atoms with E-state index in [2.05, 4.69) is 10.1 Å². The van der Waals surface area contributed by atoms with Crippen LogP contribution in [0.1, 0.15) is 11.6 Å². The van der Waals surface area contributed by atoms with Gasteiger partial charge in [0.2, 0.25) is 0 Å². The normalized spacial score (nSPS) is 17.7. The van der Waals surface area contributed by atoms with Crippen LogP contribution in [0.2, 0.25) is 0 Å². The SMILES string of the molecule is COc1ccc(F)c([C@@H](N2CCNCC2)C(F)(F)F)c1F.Cl. The molecule has 1 aliphatic rings. The van der Waals surface area contributed by atoms with Gasteiger partial charge < -0.3 is 10.1 Å². The Hall–Kier alpha value is -1.12. The van der Waals surface area contributed by atoms with Gasteiger partial charge in [-0.2, -0.15) is 13.2 Å². The van der Waals surface area contributed by atoms with E-state index in [9.17, 15) is 22.0 Å². The molecule has 3 nitrogen and oxygen atoms in total. The van der Waals surface area contributed by atoms with Crippen LogP contribution in [-0.4, -0.2) is 44.4 Å². The summed E-state index contributed by atoms with van der Waals surface area (Å²) in [5.41, 5.74) is -1.01. The lowest BCUT2D eigenvalue weighted by atomic mass is 10.0. The summed E-state index contributed by atoms with van der Waals surface area (Å²) in [6.07, 6.45) is -4.79. The van der Waals surface area contributed by atoms with Crippen molar-refractivity contribution in [1.29, 1.82) is 0 Å². The first kappa shape index (κ1) is 18.9. The zero-order valence-corrected chi connectivity index (χ0v) is 12.5. The van der Waals surface area contributed by atoms with Crippen molar-refractivity contribution in [3.05, 3.63) is 29.3 Å². The lowest BCUT2D eigenvalue weighted by molar-refractivity contribution is -0.189. The standard InChI is InChI=1S/C13H15F5N2O.ClH/c1-21-9-3-2-8(14)10(11(9)15)12(13(16,17)18)20-6-4-19-5-7-20;/h2-3,12,19H,4-7H2,1H3;1H/t12-;/m1./s1. The smallest absolute Gasteiger partial charge is 0.408 e. The highest BCUT2D eigenvalue weighted by Gasteiger charge is 2.48. The molecule has 0 aliphatic carbocycles. The van der Waals surface area contributed by atoms with Gasteiger partial charge in [-0.25, -0.2) is 8.78 Å². The zero-order valence-electron chi connectivity index (χ0n) is 11.7. The van der Waals surface area contributed by atoms with Gasteiger partial charge >= 0.3 is 6.18 Å². The Morgan fingerprint density at radius 2 is 1.77 bits per heavy atom. The molecule has 9 heteroatoms. The van der Waals surface area contributed by atoms with E-state index in [1.54, 1.807) is 0 Å². The minimum Gasteiger partial charge on any atom is -0.494 e. The van der Waals surface area contributed by atoms with E-state index in [1.165, 1.54) is 0 Å². The molecule has 0 radical (unpaired) electrons. The van der Waals surface area contributed by atoms with Gasteiger partial charge in [0.1, 0.15) is 11.9 Å². The quantitative estimate of drug-likeness (QED) is 0.852. The molecule has 126 valence electrons. The summed E-state index contributed by atoms with van der Waals surface area (Å²) in [6.45, 7) is 0.778. The first-order chi connectivity index (χ1) is 9.86. The molecule has 0 spiro atoms. The molecule has 0 unspecified atom stereocenters. The fourth-order valence-corrected chi connectivity index (χ4v) is 2.45. The second kappa shape index (κ2) is 7.43. The van der Waals surface area contributed by atoms with E-state index >= 15 is 0 Å². The van der Waals surface area contributed by atoms with E-state index in [-0.39, 0.29) is 25.5 Å². The molecule has 0 amide bonds. The van der Waals surface area contributed by atoms with Crippen LogP contribution in [0.15, 0.2) is 12.1 Å². The number of nitrogens with one attached hydrogen (secondary N) is 1. The van der Waals surface area contributed by atoms with Gasteiger partial charge in [-0.1, -0.05) is 0 Å². The Bertz CT molecular complexity index is 506. The summed E-state index contributed by atoms with van der Waals surface area (Å²) in [5, 5.41) is 2.90. The molecule has 22 heavy (non-hydrogen) atoms. The van der Waals surface area contributed by atoms with Crippen molar-refractivity contribution < 1.29 is 26.7 Å². The Labute approximate surface area is 130 Å². The van der Waals surface area contributed by atoms with Crippen LogP contribution in [0, 0.1) is 11.6 Å². The zero-order chi connectivity index (χ0) is 15.6. The maximum Gasteiger partial charge on any atom is 0.408 e. The number of hydrogen-bond donors (Lipinski definition) is 1. The topological polar surface area (TPSA) is 24.5 Å². The third-order valence-corrected chi connectivity index (χ3v) is 3.41. The molecule has 2 rings (SSSR count). The summed E-state index contributed by atoms with van der Waals surface area (Å²) in [4.78, 5) is 1.03. The van der Waals surface area contributed by atoms with Crippen molar-refractivity contribution in [3.8, 4) is 5.75 Å². The number of alkyl halides is 3. The first-order valence-electron chi connectivity index (χ1n) is 6.39. The third kappa shape index (κ3) is 3.80. The summed E-state index contributed by atoms with van der Waals surface area (Å²) >= 11 is 0. The molecule has 1 aromatic carbocycles. The predicted octanol–water partition coefficient (Wildman–Crippen LogP) is 2.90. The van der Waals surface area contributed by atoms with Gasteiger partial charge in [0.05, 0.1) is 12.7 Å². The Morgan fingerprint density at radius 1 is 1.18 bits per heavy atom. The molecule has 0 aromatic heterocycles. The van der Waals surface area contributed by atoms with E-state index in [1.807, 2.05) is 0 Å². The first-order valence-corrected chi connectivity index (χ1v) is 6.39. The number of methoxy groups -OCH3 is 1. The highest BCUT2D eigenvalue weighted by molar-refractivity contribution is 5.85. The third-order valence-electron chi connectivity index (χ3n) is 3.41. The van der Waals surface area contributed by atoms with Gasteiger partial charge in [0.15, 0.2) is 11.6 Å². The molecule has 1 N–H and O–H groups in total. The minimum absolute atomic E-state index is 0. The molecule has 1 saturated heterocycles. The number of halogens is 6. The van der Waals surface area contributed by atoms with Crippen molar-refractivity contribution in [2.75, 3.05) is 33.3 Å². The second-order valence-corrected chi connectivity index (χ2v) is 4.71. The molecular weight excluding hydrogens is 331 g/mol. The van der Waals surface area contributed by atoms with Crippen molar-refractivity contribution in [2.24, 2.45) is 0 Å². The lowest BCUT2D eigenvalue weighted by Gasteiger charge is -2.36. The minimum atomic E-state index is -4.79.